The molecule has 4 N–H and O–H groups in total. The summed E-state index contributed by atoms with van der Waals surface area (Å²) in [5, 5.41) is 19.7. The number of carboxylic acid groups (broad SMARTS) is 2. The van der Waals surface area contributed by atoms with E-state index in [0.29, 0.717) is 45.0 Å². The van der Waals surface area contributed by atoms with Crippen molar-refractivity contribution in [1.29, 1.82) is 0 Å². The van der Waals surface area contributed by atoms with Gasteiger partial charge in [0.05, 0.1) is 22.7 Å². The van der Waals surface area contributed by atoms with Crippen molar-refractivity contribution >= 4 is 39.2 Å². The van der Waals surface area contributed by atoms with Gasteiger partial charge in [0.15, 0.2) is 0 Å². The number of hydrogen-bond donors (Lipinski definition) is 4. The summed E-state index contributed by atoms with van der Waals surface area (Å²) in [5.74, 6) is -3.99. The highest BCUT2D eigenvalue weighted by molar-refractivity contribution is 7.92. The third-order valence-electron chi connectivity index (χ3n) is 5.76. The highest BCUT2D eigenvalue weighted by atomic mass is 32.2. The normalized spacial score (nSPS) is 14.1. The Morgan fingerprint density at radius 3 is 2.07 bits per heavy atom. The number of piperazine rings is 1. The Labute approximate surface area is 235 Å². The van der Waals surface area contributed by atoms with Crippen molar-refractivity contribution < 1.29 is 46.2 Å². The molecule has 226 valence electrons. The van der Waals surface area contributed by atoms with Gasteiger partial charge in [0.1, 0.15) is 0 Å². The first-order chi connectivity index (χ1) is 19.1. The Morgan fingerprint density at radius 2 is 1.56 bits per heavy atom. The number of carbonyl (C=O) groups is 3. The molecule has 0 aliphatic carbocycles. The number of carbonyl (C=O) groups excluding carboxylic acids is 1. The quantitative estimate of drug-likeness (QED) is 0.314. The van der Waals surface area contributed by atoms with Gasteiger partial charge in [-0.1, -0.05) is 18.2 Å². The molecule has 2 aromatic carbocycles. The molecule has 1 aliphatic heterocycles. The Morgan fingerprint density at radius 1 is 0.976 bits per heavy atom. The second-order valence-electron chi connectivity index (χ2n) is 9.17. The molecule has 0 aromatic heterocycles. The number of aliphatic carboxylic acids is 1. The van der Waals surface area contributed by atoms with E-state index in [9.17, 15) is 36.3 Å². The smallest absolute Gasteiger partial charge is 0.478 e. The molecular weight excluding hydrogens is 571 g/mol. The largest absolute Gasteiger partial charge is 0.490 e. The zero-order valence-corrected chi connectivity index (χ0v) is 23.2. The zero-order chi connectivity index (χ0) is 30.8. The van der Waals surface area contributed by atoms with E-state index < -0.39 is 28.1 Å². The fourth-order valence-electron chi connectivity index (χ4n) is 3.64. The van der Waals surface area contributed by atoms with Gasteiger partial charge in [-0.3, -0.25) is 14.4 Å². The standard InChI is InChI=1S/C23H31N5O5S.C2HF3O2/c1-26(2)11-10-24-22(29)17-27-12-14-28(15-13-27)18-8-9-21(20(16-18)23(30)31)25-34(32,33)19-6-4-3-5-7-19;3-2(4,5)1(6)7/h3-9,16,25H,10-15,17H2,1-2H3,(H,24,29)(H,30,31);(H,6,7). The lowest BCUT2D eigenvalue weighted by atomic mass is 10.1. The van der Waals surface area contributed by atoms with E-state index in [-0.39, 0.29) is 22.1 Å². The van der Waals surface area contributed by atoms with Gasteiger partial charge in [-0.25, -0.2) is 18.0 Å². The molecule has 0 bridgehead atoms. The lowest BCUT2D eigenvalue weighted by Crippen LogP contribution is -2.50. The van der Waals surface area contributed by atoms with Gasteiger partial charge in [0.25, 0.3) is 10.0 Å². The van der Waals surface area contributed by atoms with Crippen LogP contribution in [-0.2, 0) is 19.6 Å². The maximum absolute atomic E-state index is 12.6. The van der Waals surface area contributed by atoms with E-state index in [1.54, 1.807) is 24.3 Å². The fraction of sp³-hybridized carbons (Fsp3) is 0.400. The molecule has 3 rings (SSSR count). The Hall–Kier alpha value is -3.89. The Bertz CT molecular complexity index is 1300. The summed E-state index contributed by atoms with van der Waals surface area (Å²) in [5.41, 5.74) is 0.572. The van der Waals surface area contributed by atoms with Gasteiger partial charge in [0, 0.05) is 45.0 Å². The zero-order valence-electron chi connectivity index (χ0n) is 22.4. The average Bonchev–Trinajstić information content (AvgIpc) is 2.89. The molecule has 1 fully saturated rings. The average molecular weight is 604 g/mol. The predicted molar refractivity (Wildman–Crippen MR) is 145 cm³/mol. The molecule has 0 saturated carbocycles. The van der Waals surface area contributed by atoms with Gasteiger partial charge >= 0.3 is 18.1 Å². The topological polar surface area (TPSA) is 160 Å². The number of anilines is 2. The number of amides is 1. The summed E-state index contributed by atoms with van der Waals surface area (Å²) in [4.78, 5) is 39.0. The van der Waals surface area contributed by atoms with Crippen LogP contribution in [-0.4, -0.2) is 112 Å². The second-order valence-corrected chi connectivity index (χ2v) is 10.9. The maximum atomic E-state index is 12.6. The molecule has 1 heterocycles. The summed E-state index contributed by atoms with van der Waals surface area (Å²) < 4.78 is 59.4. The van der Waals surface area contributed by atoms with Crippen LogP contribution in [0.2, 0.25) is 0 Å². The third kappa shape index (κ3) is 10.9. The van der Waals surface area contributed by atoms with Crippen molar-refractivity contribution in [2.45, 2.75) is 11.1 Å². The minimum atomic E-state index is -5.08. The number of nitrogens with one attached hydrogen (secondary N) is 2. The number of aromatic carboxylic acids is 1. The van der Waals surface area contributed by atoms with Crippen LogP contribution in [0.5, 0.6) is 0 Å². The highest BCUT2D eigenvalue weighted by Gasteiger charge is 2.38. The molecule has 0 unspecified atom stereocenters. The van der Waals surface area contributed by atoms with Gasteiger partial charge in [0.2, 0.25) is 5.91 Å². The second kappa shape index (κ2) is 14.7. The van der Waals surface area contributed by atoms with Crippen molar-refractivity contribution in [3.8, 4) is 0 Å². The van der Waals surface area contributed by atoms with Crippen molar-refractivity contribution in [1.82, 2.24) is 15.1 Å². The van der Waals surface area contributed by atoms with E-state index in [2.05, 4.69) is 14.9 Å². The van der Waals surface area contributed by atoms with Crippen molar-refractivity contribution in [3.63, 3.8) is 0 Å². The molecule has 1 aliphatic rings. The van der Waals surface area contributed by atoms with E-state index in [4.69, 9.17) is 9.90 Å². The molecule has 41 heavy (non-hydrogen) atoms. The third-order valence-corrected chi connectivity index (χ3v) is 7.14. The number of nitrogens with zero attached hydrogens (tertiary/aromatic N) is 3. The van der Waals surface area contributed by atoms with E-state index in [1.165, 1.54) is 24.3 Å². The van der Waals surface area contributed by atoms with Crippen LogP contribution in [0, 0.1) is 0 Å². The van der Waals surface area contributed by atoms with Crippen molar-refractivity contribution in [2.24, 2.45) is 0 Å². The number of alkyl halides is 3. The molecule has 0 atom stereocenters. The number of halogens is 3. The number of carboxylic acids is 2. The van der Waals surface area contributed by atoms with Crippen LogP contribution in [0.3, 0.4) is 0 Å². The number of rotatable bonds is 10. The van der Waals surface area contributed by atoms with Crippen LogP contribution in [0.15, 0.2) is 53.4 Å². The molecule has 12 nitrogen and oxygen atoms in total. The van der Waals surface area contributed by atoms with Crippen LogP contribution in [0.4, 0.5) is 24.5 Å². The van der Waals surface area contributed by atoms with Crippen LogP contribution >= 0.6 is 0 Å². The predicted octanol–water partition coefficient (Wildman–Crippen LogP) is 1.62. The minimum absolute atomic E-state index is 0.00753. The highest BCUT2D eigenvalue weighted by Crippen LogP contribution is 2.26. The van der Waals surface area contributed by atoms with E-state index >= 15 is 0 Å². The van der Waals surface area contributed by atoms with Crippen molar-refractivity contribution in [3.05, 3.63) is 54.1 Å². The minimum Gasteiger partial charge on any atom is -0.478 e. The lowest BCUT2D eigenvalue weighted by Gasteiger charge is -2.36. The van der Waals surface area contributed by atoms with Crippen LogP contribution in [0.1, 0.15) is 10.4 Å². The molecule has 0 radical (unpaired) electrons. The lowest BCUT2D eigenvalue weighted by molar-refractivity contribution is -0.192. The van der Waals surface area contributed by atoms with Gasteiger partial charge < -0.3 is 25.3 Å². The van der Waals surface area contributed by atoms with Crippen molar-refractivity contribution in [2.75, 3.05) is 69.5 Å². The van der Waals surface area contributed by atoms with Gasteiger partial charge in [-0.05, 0) is 44.4 Å². The number of hydrogen-bond acceptors (Lipinski definition) is 8. The molecule has 1 saturated heterocycles. The van der Waals surface area contributed by atoms with E-state index in [1.807, 2.05) is 23.9 Å². The number of likely N-dealkylation sites (N-methyl/N-ethyl adjacent to an activating group) is 1. The summed E-state index contributed by atoms with van der Waals surface area (Å²) in [6, 6.07) is 12.5. The Kier molecular flexibility index (Phi) is 11.9. The van der Waals surface area contributed by atoms with Gasteiger partial charge in [-0.15, -0.1) is 0 Å². The summed E-state index contributed by atoms with van der Waals surface area (Å²) >= 11 is 0. The summed E-state index contributed by atoms with van der Waals surface area (Å²) in [6.07, 6.45) is -5.08. The number of sulfonamides is 1. The van der Waals surface area contributed by atoms with Crippen LogP contribution in [0.25, 0.3) is 0 Å². The molecular formula is C25H32F3N5O7S. The first-order valence-electron chi connectivity index (χ1n) is 12.2. The summed E-state index contributed by atoms with van der Waals surface area (Å²) in [6.45, 7) is 4.27. The Balaban J connectivity index is 0.000000745. The first kappa shape index (κ1) is 33.3. The molecule has 2 aromatic rings. The SMILES string of the molecule is CN(C)CCNC(=O)CN1CCN(c2ccc(NS(=O)(=O)c3ccccc3)c(C(=O)O)c2)CC1.O=C(O)C(F)(F)F. The summed E-state index contributed by atoms with van der Waals surface area (Å²) in [7, 11) is -0.0110. The number of benzene rings is 2. The molecule has 16 heteroatoms. The van der Waals surface area contributed by atoms with Gasteiger partial charge in [-0.2, -0.15) is 13.2 Å². The fourth-order valence-corrected chi connectivity index (χ4v) is 4.74. The van der Waals surface area contributed by atoms with E-state index in [0.717, 1.165) is 6.54 Å². The van der Waals surface area contributed by atoms with Crippen LogP contribution < -0.4 is 14.9 Å². The first-order valence-corrected chi connectivity index (χ1v) is 13.7. The molecule has 1 amide bonds. The maximum Gasteiger partial charge on any atom is 0.490 e. The monoisotopic (exact) mass is 603 g/mol. The molecule has 0 spiro atoms.